The molecule has 0 bridgehead atoms. The molecule has 17 heavy (non-hydrogen) atoms. The van der Waals surface area contributed by atoms with E-state index in [4.69, 9.17) is 10.5 Å². The van der Waals surface area contributed by atoms with Crippen LogP contribution in [0.2, 0.25) is 0 Å². The molecule has 2 heterocycles. The van der Waals surface area contributed by atoms with Crippen LogP contribution in [0.15, 0.2) is 0 Å². The standard InChI is InChI=1S/C10H17N5O2/c1-14-8(11)7(10(16)17-2)9(13-14)15-5-3-12-4-6-15/h12H,3-6,11H2,1-2H3. The van der Waals surface area contributed by atoms with Crippen LogP contribution in [0.4, 0.5) is 11.6 Å². The van der Waals surface area contributed by atoms with Gasteiger partial charge in [0, 0.05) is 33.2 Å². The molecule has 0 radical (unpaired) electrons. The fourth-order valence-corrected chi connectivity index (χ4v) is 1.92. The van der Waals surface area contributed by atoms with E-state index in [0.29, 0.717) is 17.2 Å². The van der Waals surface area contributed by atoms with Crippen molar-refractivity contribution in [1.82, 2.24) is 15.1 Å². The Labute approximate surface area is 99.5 Å². The topological polar surface area (TPSA) is 85.4 Å². The van der Waals surface area contributed by atoms with Crippen LogP contribution in [0.1, 0.15) is 10.4 Å². The molecule has 3 N–H and O–H groups in total. The van der Waals surface area contributed by atoms with E-state index in [1.54, 1.807) is 7.05 Å². The number of ether oxygens (including phenoxy) is 1. The van der Waals surface area contributed by atoms with Crippen molar-refractivity contribution < 1.29 is 9.53 Å². The van der Waals surface area contributed by atoms with Gasteiger partial charge in [0.25, 0.3) is 0 Å². The minimum absolute atomic E-state index is 0.338. The maximum absolute atomic E-state index is 11.7. The third kappa shape index (κ3) is 2.05. The highest BCUT2D eigenvalue weighted by Gasteiger charge is 2.26. The number of hydrogen-bond donors (Lipinski definition) is 2. The maximum Gasteiger partial charge on any atom is 0.345 e. The van der Waals surface area contributed by atoms with Crippen molar-refractivity contribution in [3.8, 4) is 0 Å². The molecular weight excluding hydrogens is 222 g/mol. The van der Waals surface area contributed by atoms with Crippen LogP contribution in [0, 0.1) is 0 Å². The van der Waals surface area contributed by atoms with E-state index >= 15 is 0 Å². The number of piperazine rings is 1. The molecule has 1 aromatic heterocycles. The predicted octanol–water partition coefficient (Wildman–Crippen LogP) is -0.801. The van der Waals surface area contributed by atoms with Crippen molar-refractivity contribution in [2.45, 2.75) is 0 Å². The lowest BCUT2D eigenvalue weighted by Gasteiger charge is -2.27. The summed E-state index contributed by atoms with van der Waals surface area (Å²) in [5.41, 5.74) is 6.20. The molecule has 1 fully saturated rings. The van der Waals surface area contributed by atoms with E-state index in [0.717, 1.165) is 26.2 Å². The number of rotatable bonds is 2. The van der Waals surface area contributed by atoms with Crippen LogP contribution in [-0.4, -0.2) is 49.0 Å². The van der Waals surface area contributed by atoms with Gasteiger partial charge in [-0.15, -0.1) is 0 Å². The van der Waals surface area contributed by atoms with Gasteiger partial charge in [0.2, 0.25) is 0 Å². The van der Waals surface area contributed by atoms with E-state index < -0.39 is 5.97 Å². The zero-order chi connectivity index (χ0) is 12.4. The van der Waals surface area contributed by atoms with Gasteiger partial charge >= 0.3 is 5.97 Å². The number of nitrogens with two attached hydrogens (primary N) is 1. The molecule has 0 unspecified atom stereocenters. The summed E-state index contributed by atoms with van der Waals surface area (Å²) in [6.07, 6.45) is 0. The number of nitrogens with zero attached hydrogens (tertiary/aromatic N) is 3. The highest BCUT2D eigenvalue weighted by molar-refractivity contribution is 5.99. The first kappa shape index (κ1) is 11.7. The summed E-state index contributed by atoms with van der Waals surface area (Å²) in [7, 11) is 3.06. The number of methoxy groups -OCH3 is 1. The molecule has 0 spiro atoms. The van der Waals surface area contributed by atoms with Crippen LogP contribution in [-0.2, 0) is 11.8 Å². The van der Waals surface area contributed by atoms with Crippen molar-refractivity contribution in [3.05, 3.63) is 5.56 Å². The number of esters is 1. The molecule has 2 rings (SSSR count). The summed E-state index contributed by atoms with van der Waals surface area (Å²) < 4.78 is 6.25. The molecule has 94 valence electrons. The molecule has 0 amide bonds. The molecule has 7 heteroatoms. The average molecular weight is 239 g/mol. The Balaban J connectivity index is 2.38. The number of carbonyl (C=O) groups is 1. The first-order valence-corrected chi connectivity index (χ1v) is 5.51. The van der Waals surface area contributed by atoms with Gasteiger partial charge in [-0.2, -0.15) is 5.10 Å². The average Bonchev–Trinajstić information content (AvgIpc) is 2.66. The van der Waals surface area contributed by atoms with Gasteiger partial charge in [-0.05, 0) is 0 Å². The lowest BCUT2D eigenvalue weighted by Crippen LogP contribution is -2.44. The number of carbonyl (C=O) groups excluding carboxylic acids is 1. The highest BCUT2D eigenvalue weighted by atomic mass is 16.5. The van der Waals surface area contributed by atoms with E-state index in [-0.39, 0.29) is 0 Å². The Morgan fingerprint density at radius 1 is 1.47 bits per heavy atom. The Morgan fingerprint density at radius 3 is 2.71 bits per heavy atom. The lowest BCUT2D eigenvalue weighted by atomic mass is 10.2. The fourth-order valence-electron chi connectivity index (χ4n) is 1.92. The van der Waals surface area contributed by atoms with Gasteiger partial charge in [-0.1, -0.05) is 0 Å². The molecule has 0 saturated carbocycles. The molecule has 1 aromatic rings. The van der Waals surface area contributed by atoms with Crippen LogP contribution >= 0.6 is 0 Å². The molecule has 0 aliphatic carbocycles. The van der Waals surface area contributed by atoms with Gasteiger partial charge in [-0.25, -0.2) is 4.79 Å². The molecule has 0 atom stereocenters. The summed E-state index contributed by atoms with van der Waals surface area (Å²) in [6.45, 7) is 3.36. The molecular formula is C10H17N5O2. The second-order valence-electron chi connectivity index (χ2n) is 3.94. The normalized spacial score (nSPS) is 16.0. The predicted molar refractivity (Wildman–Crippen MR) is 64.0 cm³/mol. The monoisotopic (exact) mass is 239 g/mol. The lowest BCUT2D eigenvalue weighted by molar-refractivity contribution is 0.0602. The zero-order valence-corrected chi connectivity index (χ0v) is 10.1. The Morgan fingerprint density at radius 2 is 2.12 bits per heavy atom. The van der Waals surface area contributed by atoms with E-state index in [9.17, 15) is 4.79 Å². The van der Waals surface area contributed by atoms with Gasteiger partial charge in [0.05, 0.1) is 7.11 Å². The van der Waals surface area contributed by atoms with E-state index in [2.05, 4.69) is 10.4 Å². The number of anilines is 2. The number of aromatic nitrogens is 2. The van der Waals surface area contributed by atoms with Gasteiger partial charge in [0.1, 0.15) is 11.4 Å². The second-order valence-corrected chi connectivity index (χ2v) is 3.94. The van der Waals surface area contributed by atoms with Crippen molar-refractivity contribution in [2.75, 3.05) is 43.9 Å². The largest absolute Gasteiger partial charge is 0.465 e. The Hall–Kier alpha value is -1.76. The van der Waals surface area contributed by atoms with Crippen LogP contribution in [0.5, 0.6) is 0 Å². The van der Waals surface area contributed by atoms with Gasteiger partial charge < -0.3 is 20.7 Å². The van der Waals surface area contributed by atoms with Crippen LogP contribution in [0.3, 0.4) is 0 Å². The third-order valence-electron chi connectivity index (χ3n) is 2.88. The molecule has 7 nitrogen and oxygen atoms in total. The summed E-state index contributed by atoms with van der Waals surface area (Å²) in [5, 5.41) is 7.54. The molecule has 1 aliphatic rings. The SMILES string of the molecule is COC(=O)c1c(N2CCNCC2)nn(C)c1N. The van der Waals surface area contributed by atoms with Crippen LogP contribution in [0.25, 0.3) is 0 Å². The Kier molecular flexibility index (Phi) is 3.19. The second kappa shape index (κ2) is 4.62. The van der Waals surface area contributed by atoms with Crippen molar-refractivity contribution in [3.63, 3.8) is 0 Å². The van der Waals surface area contributed by atoms with E-state index in [1.165, 1.54) is 11.8 Å². The quantitative estimate of drug-likeness (QED) is 0.657. The summed E-state index contributed by atoms with van der Waals surface area (Å²) >= 11 is 0. The molecule has 1 saturated heterocycles. The summed E-state index contributed by atoms with van der Waals surface area (Å²) in [6, 6.07) is 0. The maximum atomic E-state index is 11.7. The van der Waals surface area contributed by atoms with Gasteiger partial charge in [-0.3, -0.25) is 4.68 Å². The van der Waals surface area contributed by atoms with E-state index in [1.807, 2.05) is 4.90 Å². The summed E-state index contributed by atoms with van der Waals surface area (Å²) in [4.78, 5) is 13.8. The third-order valence-corrected chi connectivity index (χ3v) is 2.88. The molecule has 0 aromatic carbocycles. The minimum atomic E-state index is -0.441. The number of aryl methyl sites for hydroxylation is 1. The van der Waals surface area contributed by atoms with Crippen LogP contribution < -0.4 is 16.0 Å². The number of nitrogens with one attached hydrogen (secondary N) is 1. The minimum Gasteiger partial charge on any atom is -0.465 e. The fraction of sp³-hybridized carbons (Fsp3) is 0.600. The van der Waals surface area contributed by atoms with Crippen molar-refractivity contribution >= 4 is 17.6 Å². The van der Waals surface area contributed by atoms with Crippen molar-refractivity contribution in [1.29, 1.82) is 0 Å². The smallest absolute Gasteiger partial charge is 0.345 e. The summed E-state index contributed by atoms with van der Waals surface area (Å²) in [5.74, 6) is 0.507. The molecule has 1 aliphatic heterocycles. The first-order chi connectivity index (χ1) is 8.15. The Bertz CT molecular complexity index is 423. The number of nitrogen functional groups attached to an aromatic ring is 1. The first-order valence-electron chi connectivity index (χ1n) is 5.51. The van der Waals surface area contributed by atoms with Gasteiger partial charge in [0.15, 0.2) is 5.82 Å². The zero-order valence-electron chi connectivity index (χ0n) is 10.1. The number of hydrogen-bond acceptors (Lipinski definition) is 6. The van der Waals surface area contributed by atoms with Crippen molar-refractivity contribution in [2.24, 2.45) is 7.05 Å². The highest BCUT2D eigenvalue weighted by Crippen LogP contribution is 2.25.